The minimum Gasteiger partial charge on any atom is -0.314 e. The van der Waals surface area contributed by atoms with Crippen LogP contribution in [0.25, 0.3) is 0 Å². The highest BCUT2D eigenvalue weighted by Gasteiger charge is 2.26. The summed E-state index contributed by atoms with van der Waals surface area (Å²) in [7, 11) is 0. The van der Waals surface area contributed by atoms with Crippen molar-refractivity contribution in [1.29, 1.82) is 0 Å². The van der Waals surface area contributed by atoms with E-state index in [0.717, 1.165) is 31.0 Å². The zero-order chi connectivity index (χ0) is 14.1. The Bertz CT molecular complexity index is 734. The van der Waals surface area contributed by atoms with E-state index < -0.39 is 0 Å². The van der Waals surface area contributed by atoms with Gasteiger partial charge in [-0.25, -0.2) is 0 Å². The van der Waals surface area contributed by atoms with Crippen molar-refractivity contribution in [2.24, 2.45) is 0 Å². The summed E-state index contributed by atoms with van der Waals surface area (Å²) < 4.78 is 2.27. The fourth-order valence-electron chi connectivity index (χ4n) is 3.00. The molecule has 0 saturated heterocycles. The standard InChI is InChI=1S/C17H16N4/c1-2-6-14(7-3-1)15-10-17-20-19-16(21(17)12-15)9-13-5-4-8-18-11-13/h1-8,11,15H,9-10,12H2. The second-order valence-corrected chi connectivity index (χ2v) is 5.49. The molecule has 0 aliphatic carbocycles. The molecule has 1 aliphatic rings. The highest BCUT2D eigenvalue weighted by atomic mass is 15.3. The smallest absolute Gasteiger partial charge is 0.137 e. The van der Waals surface area contributed by atoms with Crippen LogP contribution in [-0.2, 0) is 19.4 Å². The van der Waals surface area contributed by atoms with Crippen LogP contribution < -0.4 is 0 Å². The Balaban J connectivity index is 1.57. The van der Waals surface area contributed by atoms with Crippen LogP contribution in [0.4, 0.5) is 0 Å². The topological polar surface area (TPSA) is 43.6 Å². The molecule has 4 heteroatoms. The second kappa shape index (κ2) is 5.13. The van der Waals surface area contributed by atoms with Gasteiger partial charge in [0.05, 0.1) is 0 Å². The van der Waals surface area contributed by atoms with Gasteiger partial charge in [0.25, 0.3) is 0 Å². The maximum absolute atomic E-state index is 4.36. The molecule has 1 unspecified atom stereocenters. The maximum atomic E-state index is 4.36. The lowest BCUT2D eigenvalue weighted by Gasteiger charge is -2.09. The highest BCUT2D eigenvalue weighted by molar-refractivity contribution is 5.24. The van der Waals surface area contributed by atoms with Crippen molar-refractivity contribution in [2.45, 2.75) is 25.3 Å². The first kappa shape index (κ1) is 12.3. The molecule has 2 aromatic heterocycles. The number of aromatic nitrogens is 4. The lowest BCUT2D eigenvalue weighted by atomic mass is 9.98. The number of pyridine rings is 1. The summed E-state index contributed by atoms with van der Waals surface area (Å²) >= 11 is 0. The maximum Gasteiger partial charge on any atom is 0.137 e. The van der Waals surface area contributed by atoms with E-state index in [9.17, 15) is 0 Å². The quantitative estimate of drug-likeness (QED) is 0.738. The average molecular weight is 276 g/mol. The molecule has 4 rings (SSSR count). The number of benzene rings is 1. The Kier molecular flexibility index (Phi) is 2.99. The number of hydrogen-bond donors (Lipinski definition) is 0. The molecule has 3 aromatic rings. The molecule has 21 heavy (non-hydrogen) atoms. The van der Waals surface area contributed by atoms with Gasteiger partial charge < -0.3 is 4.57 Å². The van der Waals surface area contributed by atoms with Crippen molar-refractivity contribution in [2.75, 3.05) is 0 Å². The number of nitrogens with zero attached hydrogens (tertiary/aromatic N) is 4. The minimum absolute atomic E-state index is 0.518. The second-order valence-electron chi connectivity index (χ2n) is 5.49. The van der Waals surface area contributed by atoms with Crippen molar-refractivity contribution < 1.29 is 0 Å². The highest BCUT2D eigenvalue weighted by Crippen LogP contribution is 2.29. The van der Waals surface area contributed by atoms with Gasteiger partial charge in [0.1, 0.15) is 11.6 Å². The van der Waals surface area contributed by atoms with Gasteiger partial charge >= 0.3 is 0 Å². The van der Waals surface area contributed by atoms with Gasteiger partial charge in [0, 0.05) is 37.7 Å². The van der Waals surface area contributed by atoms with E-state index in [1.807, 2.05) is 12.3 Å². The van der Waals surface area contributed by atoms with Crippen LogP contribution in [0.3, 0.4) is 0 Å². The number of fused-ring (bicyclic) bond motifs is 1. The van der Waals surface area contributed by atoms with Gasteiger partial charge in [0.2, 0.25) is 0 Å². The van der Waals surface area contributed by atoms with Crippen molar-refractivity contribution in [3.05, 3.63) is 77.6 Å². The fourth-order valence-corrected chi connectivity index (χ4v) is 3.00. The Morgan fingerprint density at radius 2 is 1.95 bits per heavy atom. The molecule has 0 N–H and O–H groups in total. The molecular weight excluding hydrogens is 260 g/mol. The van der Waals surface area contributed by atoms with E-state index in [-0.39, 0.29) is 0 Å². The Labute approximate surface area is 123 Å². The van der Waals surface area contributed by atoms with Crippen molar-refractivity contribution in [1.82, 2.24) is 19.7 Å². The third kappa shape index (κ3) is 2.33. The van der Waals surface area contributed by atoms with Gasteiger partial charge in [-0.3, -0.25) is 4.98 Å². The van der Waals surface area contributed by atoms with Gasteiger partial charge in [-0.2, -0.15) is 0 Å². The molecule has 4 nitrogen and oxygen atoms in total. The molecule has 0 radical (unpaired) electrons. The van der Waals surface area contributed by atoms with Crippen LogP contribution in [0.5, 0.6) is 0 Å². The van der Waals surface area contributed by atoms with Crippen LogP contribution in [0.15, 0.2) is 54.9 Å². The molecule has 0 fully saturated rings. The summed E-state index contributed by atoms with van der Waals surface area (Å²) in [6, 6.07) is 14.7. The van der Waals surface area contributed by atoms with Crippen molar-refractivity contribution in [3.63, 3.8) is 0 Å². The van der Waals surface area contributed by atoms with Gasteiger partial charge in [-0.15, -0.1) is 10.2 Å². The largest absolute Gasteiger partial charge is 0.314 e. The van der Waals surface area contributed by atoms with E-state index in [0.29, 0.717) is 5.92 Å². The van der Waals surface area contributed by atoms with Gasteiger partial charge in [-0.1, -0.05) is 36.4 Å². The summed E-state index contributed by atoms with van der Waals surface area (Å²) in [5.41, 5.74) is 2.56. The molecule has 1 aromatic carbocycles. The van der Waals surface area contributed by atoms with Crippen LogP contribution in [0.2, 0.25) is 0 Å². The minimum atomic E-state index is 0.518. The number of rotatable bonds is 3. The zero-order valence-electron chi connectivity index (χ0n) is 11.7. The molecule has 0 saturated carbocycles. The van der Waals surface area contributed by atoms with E-state index >= 15 is 0 Å². The normalized spacial score (nSPS) is 16.9. The van der Waals surface area contributed by atoms with Gasteiger partial charge in [-0.05, 0) is 17.2 Å². The van der Waals surface area contributed by atoms with Crippen molar-refractivity contribution in [3.8, 4) is 0 Å². The summed E-state index contributed by atoms with van der Waals surface area (Å²) in [6.45, 7) is 0.974. The van der Waals surface area contributed by atoms with Crippen LogP contribution in [-0.4, -0.2) is 19.7 Å². The lowest BCUT2D eigenvalue weighted by Crippen LogP contribution is -2.06. The summed E-state index contributed by atoms with van der Waals surface area (Å²) in [6.07, 6.45) is 5.46. The van der Waals surface area contributed by atoms with Crippen LogP contribution in [0, 0.1) is 0 Å². The summed E-state index contributed by atoms with van der Waals surface area (Å²) in [4.78, 5) is 4.16. The Morgan fingerprint density at radius 3 is 2.76 bits per heavy atom. The SMILES string of the molecule is c1ccc(C2Cc3nnc(Cc4cccnc4)n3C2)cc1. The number of hydrogen-bond acceptors (Lipinski definition) is 3. The first-order valence-electron chi connectivity index (χ1n) is 7.25. The van der Waals surface area contributed by atoms with Crippen LogP contribution >= 0.6 is 0 Å². The predicted molar refractivity (Wildman–Crippen MR) is 80.0 cm³/mol. The summed E-state index contributed by atoms with van der Waals surface area (Å²) in [5.74, 6) is 2.66. The first-order valence-corrected chi connectivity index (χ1v) is 7.25. The molecule has 0 bridgehead atoms. The lowest BCUT2D eigenvalue weighted by molar-refractivity contribution is 0.624. The molecule has 0 amide bonds. The predicted octanol–water partition coefficient (Wildman–Crippen LogP) is 2.60. The van der Waals surface area contributed by atoms with Crippen LogP contribution in [0.1, 0.15) is 28.7 Å². The molecule has 1 atom stereocenters. The third-order valence-corrected chi connectivity index (χ3v) is 4.09. The first-order chi connectivity index (χ1) is 10.4. The Hall–Kier alpha value is -2.49. The third-order valence-electron chi connectivity index (χ3n) is 4.09. The molecule has 3 heterocycles. The Morgan fingerprint density at radius 1 is 1.05 bits per heavy atom. The zero-order valence-corrected chi connectivity index (χ0v) is 11.7. The monoisotopic (exact) mass is 276 g/mol. The summed E-state index contributed by atoms with van der Waals surface area (Å²) in [5, 5.41) is 8.71. The van der Waals surface area contributed by atoms with E-state index in [4.69, 9.17) is 0 Å². The molecule has 104 valence electrons. The fraction of sp³-hybridized carbons (Fsp3) is 0.235. The molecular formula is C17H16N4. The van der Waals surface area contributed by atoms with E-state index in [1.165, 1.54) is 11.1 Å². The average Bonchev–Trinajstić information content (AvgIpc) is 3.11. The van der Waals surface area contributed by atoms with Crippen molar-refractivity contribution >= 4 is 0 Å². The molecule has 0 spiro atoms. The van der Waals surface area contributed by atoms with E-state index in [2.05, 4.69) is 56.1 Å². The molecule has 1 aliphatic heterocycles. The van der Waals surface area contributed by atoms with Gasteiger partial charge in [0.15, 0.2) is 0 Å². The van der Waals surface area contributed by atoms with E-state index in [1.54, 1.807) is 6.20 Å².